The number of carboxylic acid groups (broad SMARTS) is 1. The number of hydrogen-bond donors (Lipinski definition) is 3. The number of hydrogen-bond acceptors (Lipinski definition) is 4. The van der Waals surface area contributed by atoms with Crippen LogP contribution in [0.15, 0.2) is 28.7 Å². The van der Waals surface area contributed by atoms with Crippen LogP contribution in [0, 0.1) is 5.92 Å². The van der Waals surface area contributed by atoms with Crippen LogP contribution in [0.4, 0.5) is 0 Å². The highest BCUT2D eigenvalue weighted by Crippen LogP contribution is 2.25. The van der Waals surface area contributed by atoms with Crippen molar-refractivity contribution in [3.8, 4) is 0 Å². The molecule has 0 spiro atoms. The summed E-state index contributed by atoms with van der Waals surface area (Å²) in [6, 6.07) is 7.15. The van der Waals surface area contributed by atoms with Crippen molar-refractivity contribution in [1.29, 1.82) is 0 Å². The minimum absolute atomic E-state index is 0.172. The summed E-state index contributed by atoms with van der Waals surface area (Å²) in [4.78, 5) is 11.4. The SMILES string of the molecule is CCC(CCO)CNCc1oc2ccccc2c1C(=O)O. The van der Waals surface area contributed by atoms with Gasteiger partial charge in [0.15, 0.2) is 0 Å². The average Bonchev–Trinajstić information content (AvgIpc) is 2.84. The van der Waals surface area contributed by atoms with Gasteiger partial charge in [-0.1, -0.05) is 31.5 Å². The highest BCUT2D eigenvalue weighted by Gasteiger charge is 2.19. The fourth-order valence-electron chi connectivity index (χ4n) is 2.48. The van der Waals surface area contributed by atoms with Gasteiger partial charge in [-0.2, -0.15) is 0 Å². The molecule has 21 heavy (non-hydrogen) atoms. The molecule has 1 aromatic heterocycles. The van der Waals surface area contributed by atoms with E-state index in [0.29, 0.717) is 29.2 Å². The number of carboxylic acids is 1. The number of fused-ring (bicyclic) bond motifs is 1. The highest BCUT2D eigenvalue weighted by molar-refractivity contribution is 6.03. The van der Waals surface area contributed by atoms with Crippen molar-refractivity contribution < 1.29 is 19.4 Å². The molecule has 1 aromatic carbocycles. The summed E-state index contributed by atoms with van der Waals surface area (Å²) >= 11 is 0. The Labute approximate surface area is 123 Å². The number of aromatic carboxylic acids is 1. The molecule has 0 aliphatic rings. The fourth-order valence-corrected chi connectivity index (χ4v) is 2.48. The molecular formula is C16H21NO4. The summed E-state index contributed by atoms with van der Waals surface area (Å²) in [7, 11) is 0. The van der Waals surface area contributed by atoms with Crippen LogP contribution in [0.25, 0.3) is 11.0 Å². The number of aliphatic hydroxyl groups is 1. The van der Waals surface area contributed by atoms with Crippen LogP contribution in [0.1, 0.15) is 35.9 Å². The monoisotopic (exact) mass is 291 g/mol. The van der Waals surface area contributed by atoms with Gasteiger partial charge in [0.1, 0.15) is 16.9 Å². The second kappa shape index (κ2) is 7.24. The molecule has 0 saturated carbocycles. The molecule has 0 bridgehead atoms. The smallest absolute Gasteiger partial charge is 0.339 e. The molecule has 3 N–H and O–H groups in total. The van der Waals surface area contributed by atoms with Crippen LogP contribution in [-0.2, 0) is 6.54 Å². The summed E-state index contributed by atoms with van der Waals surface area (Å²) in [5.41, 5.74) is 0.822. The quantitative estimate of drug-likeness (QED) is 0.696. The maximum Gasteiger partial charge on any atom is 0.339 e. The standard InChI is InChI=1S/C16H21NO4/c1-2-11(7-8-18)9-17-10-14-15(16(19)20)12-5-3-4-6-13(12)21-14/h3-6,11,17-18H,2,7-10H2,1H3,(H,19,20). The van der Waals surface area contributed by atoms with E-state index in [-0.39, 0.29) is 12.2 Å². The molecule has 1 unspecified atom stereocenters. The Bertz CT molecular complexity index is 605. The minimum atomic E-state index is -0.973. The average molecular weight is 291 g/mol. The number of nitrogens with one attached hydrogen (secondary N) is 1. The molecule has 0 amide bonds. The van der Waals surface area contributed by atoms with E-state index < -0.39 is 5.97 Å². The number of benzene rings is 1. The molecule has 0 aliphatic carbocycles. The van der Waals surface area contributed by atoms with Gasteiger partial charge in [0.2, 0.25) is 0 Å². The first-order chi connectivity index (χ1) is 10.2. The van der Waals surface area contributed by atoms with E-state index >= 15 is 0 Å². The van der Waals surface area contributed by atoms with Crippen molar-refractivity contribution in [3.63, 3.8) is 0 Å². The molecule has 2 aromatic rings. The van der Waals surface area contributed by atoms with E-state index in [4.69, 9.17) is 9.52 Å². The molecule has 2 rings (SSSR count). The fraction of sp³-hybridized carbons (Fsp3) is 0.438. The van der Waals surface area contributed by atoms with Crippen molar-refractivity contribution in [2.24, 2.45) is 5.92 Å². The van der Waals surface area contributed by atoms with E-state index in [1.165, 1.54) is 0 Å². The Hall–Kier alpha value is -1.85. The van der Waals surface area contributed by atoms with Crippen LogP contribution >= 0.6 is 0 Å². The second-order valence-corrected chi connectivity index (χ2v) is 5.12. The van der Waals surface area contributed by atoms with E-state index in [1.54, 1.807) is 18.2 Å². The molecule has 0 saturated heterocycles. The van der Waals surface area contributed by atoms with Gasteiger partial charge in [0, 0.05) is 12.0 Å². The number of carbonyl (C=O) groups is 1. The number of furan rings is 1. The van der Waals surface area contributed by atoms with Crippen LogP contribution in [0.5, 0.6) is 0 Å². The zero-order chi connectivity index (χ0) is 15.2. The maximum absolute atomic E-state index is 11.4. The Morgan fingerprint density at radius 3 is 2.81 bits per heavy atom. The van der Waals surface area contributed by atoms with Crippen molar-refractivity contribution in [2.75, 3.05) is 13.2 Å². The van der Waals surface area contributed by atoms with E-state index in [2.05, 4.69) is 12.2 Å². The summed E-state index contributed by atoms with van der Waals surface area (Å²) in [5.74, 6) is -0.144. The number of aliphatic hydroxyl groups excluding tert-OH is 1. The largest absolute Gasteiger partial charge is 0.478 e. The van der Waals surface area contributed by atoms with Crippen LogP contribution < -0.4 is 5.32 Å². The Morgan fingerprint density at radius 1 is 1.38 bits per heavy atom. The number of para-hydroxylation sites is 1. The third-order valence-electron chi connectivity index (χ3n) is 3.72. The summed E-state index contributed by atoms with van der Waals surface area (Å²) in [5, 5.41) is 22.2. The first-order valence-corrected chi connectivity index (χ1v) is 7.22. The van der Waals surface area contributed by atoms with E-state index in [0.717, 1.165) is 19.4 Å². The molecule has 1 heterocycles. The topological polar surface area (TPSA) is 82.7 Å². The maximum atomic E-state index is 11.4. The van der Waals surface area contributed by atoms with Crippen LogP contribution in [0.2, 0.25) is 0 Å². The molecule has 5 nitrogen and oxygen atoms in total. The number of rotatable bonds is 8. The zero-order valence-corrected chi connectivity index (χ0v) is 12.1. The lowest BCUT2D eigenvalue weighted by atomic mass is 10.0. The van der Waals surface area contributed by atoms with Gasteiger partial charge >= 0.3 is 5.97 Å². The van der Waals surface area contributed by atoms with Gasteiger partial charge in [-0.25, -0.2) is 4.79 Å². The van der Waals surface area contributed by atoms with E-state index in [1.807, 2.05) is 6.07 Å². The van der Waals surface area contributed by atoms with Crippen LogP contribution in [0.3, 0.4) is 0 Å². The first-order valence-electron chi connectivity index (χ1n) is 7.22. The molecule has 0 fully saturated rings. The van der Waals surface area contributed by atoms with Gasteiger partial charge in [-0.05, 0) is 24.9 Å². The Kier molecular flexibility index (Phi) is 5.36. The van der Waals surface area contributed by atoms with Crippen molar-refractivity contribution in [1.82, 2.24) is 5.32 Å². The van der Waals surface area contributed by atoms with Gasteiger partial charge in [0.25, 0.3) is 0 Å². The van der Waals surface area contributed by atoms with Gasteiger partial charge in [-0.3, -0.25) is 0 Å². The van der Waals surface area contributed by atoms with Gasteiger partial charge in [0.05, 0.1) is 6.54 Å². The second-order valence-electron chi connectivity index (χ2n) is 5.12. The molecule has 114 valence electrons. The minimum Gasteiger partial charge on any atom is -0.478 e. The molecule has 0 radical (unpaired) electrons. The molecule has 0 aliphatic heterocycles. The first kappa shape index (κ1) is 15.5. The van der Waals surface area contributed by atoms with Gasteiger partial charge < -0.3 is 19.9 Å². The Balaban J connectivity index is 2.11. The summed E-state index contributed by atoms with van der Waals surface area (Å²) < 4.78 is 5.64. The Morgan fingerprint density at radius 2 is 2.14 bits per heavy atom. The lowest BCUT2D eigenvalue weighted by Crippen LogP contribution is -2.23. The lowest BCUT2D eigenvalue weighted by molar-refractivity contribution is 0.0696. The highest BCUT2D eigenvalue weighted by atomic mass is 16.4. The lowest BCUT2D eigenvalue weighted by Gasteiger charge is -2.13. The van der Waals surface area contributed by atoms with Crippen molar-refractivity contribution >= 4 is 16.9 Å². The van der Waals surface area contributed by atoms with Crippen molar-refractivity contribution in [3.05, 3.63) is 35.6 Å². The van der Waals surface area contributed by atoms with Crippen LogP contribution in [-0.4, -0.2) is 29.3 Å². The summed E-state index contributed by atoms with van der Waals surface area (Å²) in [6.45, 7) is 3.35. The normalized spacial score (nSPS) is 12.7. The molecule has 1 atom stereocenters. The third kappa shape index (κ3) is 3.62. The predicted octanol–water partition coefficient (Wildman–Crippen LogP) is 2.63. The molecular weight excluding hydrogens is 270 g/mol. The molecule has 5 heteroatoms. The van der Waals surface area contributed by atoms with Gasteiger partial charge in [-0.15, -0.1) is 0 Å². The van der Waals surface area contributed by atoms with E-state index in [9.17, 15) is 9.90 Å². The zero-order valence-electron chi connectivity index (χ0n) is 12.1. The van der Waals surface area contributed by atoms with Crippen molar-refractivity contribution in [2.45, 2.75) is 26.3 Å². The summed E-state index contributed by atoms with van der Waals surface area (Å²) in [6.07, 6.45) is 1.72. The predicted molar refractivity (Wildman–Crippen MR) is 80.4 cm³/mol. The third-order valence-corrected chi connectivity index (χ3v) is 3.72.